The van der Waals surface area contributed by atoms with E-state index in [0.717, 1.165) is 0 Å². The van der Waals surface area contributed by atoms with E-state index in [1.54, 1.807) is 12.1 Å². The van der Waals surface area contributed by atoms with Crippen molar-refractivity contribution < 1.29 is 19.4 Å². The van der Waals surface area contributed by atoms with Gasteiger partial charge in [0.05, 0.1) is 6.42 Å². The van der Waals surface area contributed by atoms with Crippen molar-refractivity contribution in [3.63, 3.8) is 0 Å². The van der Waals surface area contributed by atoms with Gasteiger partial charge in [-0.2, -0.15) is 0 Å². The molecule has 110 valence electrons. The molecule has 0 heterocycles. The Morgan fingerprint density at radius 1 is 1.25 bits per heavy atom. The molecule has 1 aromatic carbocycles. The number of carboxylic acid groups (broad SMARTS) is 1. The van der Waals surface area contributed by atoms with Crippen molar-refractivity contribution in [2.24, 2.45) is 5.41 Å². The number of ether oxygens (including phenoxy) is 1. The molecule has 1 rings (SSSR count). The summed E-state index contributed by atoms with van der Waals surface area (Å²) in [6.45, 7) is 5.53. The van der Waals surface area contributed by atoms with Crippen LogP contribution in [0.1, 0.15) is 27.2 Å². The van der Waals surface area contributed by atoms with Gasteiger partial charge in [-0.25, -0.2) is 0 Å². The van der Waals surface area contributed by atoms with Crippen LogP contribution in [-0.2, 0) is 9.59 Å². The first-order chi connectivity index (χ1) is 9.29. The van der Waals surface area contributed by atoms with Gasteiger partial charge in [-0.15, -0.1) is 0 Å². The number of benzene rings is 1. The number of carbonyl (C=O) groups is 2. The Hall–Kier alpha value is -2.04. The van der Waals surface area contributed by atoms with Gasteiger partial charge in [0, 0.05) is 6.04 Å². The molecule has 0 aliphatic heterocycles. The van der Waals surface area contributed by atoms with E-state index < -0.39 is 12.0 Å². The van der Waals surface area contributed by atoms with E-state index in [1.807, 2.05) is 39.0 Å². The van der Waals surface area contributed by atoms with Crippen LogP contribution in [0.4, 0.5) is 0 Å². The number of hydrogen-bond donors (Lipinski definition) is 2. The predicted molar refractivity (Wildman–Crippen MR) is 75.6 cm³/mol. The lowest BCUT2D eigenvalue weighted by atomic mass is 9.85. The fourth-order valence-electron chi connectivity index (χ4n) is 1.65. The van der Waals surface area contributed by atoms with Crippen LogP contribution in [-0.4, -0.2) is 29.6 Å². The molecule has 0 bridgehead atoms. The Balaban J connectivity index is 2.52. The van der Waals surface area contributed by atoms with E-state index >= 15 is 0 Å². The first-order valence-corrected chi connectivity index (χ1v) is 6.48. The topological polar surface area (TPSA) is 75.6 Å². The Morgan fingerprint density at radius 2 is 1.85 bits per heavy atom. The fraction of sp³-hybridized carbons (Fsp3) is 0.467. The molecule has 5 nitrogen and oxygen atoms in total. The zero-order chi connectivity index (χ0) is 15.2. The molecular formula is C15H21NO4. The second-order valence-corrected chi connectivity index (χ2v) is 5.69. The normalized spacial score (nSPS) is 12.6. The van der Waals surface area contributed by atoms with Crippen LogP contribution in [0.3, 0.4) is 0 Å². The summed E-state index contributed by atoms with van der Waals surface area (Å²) in [5, 5.41) is 11.6. The van der Waals surface area contributed by atoms with Crippen LogP contribution < -0.4 is 10.1 Å². The van der Waals surface area contributed by atoms with Crippen molar-refractivity contribution >= 4 is 11.9 Å². The van der Waals surface area contributed by atoms with Gasteiger partial charge in [0.1, 0.15) is 5.75 Å². The van der Waals surface area contributed by atoms with Crippen LogP contribution in [0.5, 0.6) is 5.75 Å². The molecule has 0 aromatic heterocycles. The Morgan fingerprint density at radius 3 is 2.35 bits per heavy atom. The number of carbonyl (C=O) groups excluding carboxylic acids is 1. The molecular weight excluding hydrogens is 258 g/mol. The molecule has 0 saturated carbocycles. The number of para-hydroxylation sites is 1. The summed E-state index contributed by atoms with van der Waals surface area (Å²) in [6, 6.07) is 8.56. The van der Waals surface area contributed by atoms with Crippen molar-refractivity contribution in [3.05, 3.63) is 30.3 Å². The summed E-state index contributed by atoms with van der Waals surface area (Å²) in [7, 11) is 0. The number of aliphatic carboxylic acids is 1. The van der Waals surface area contributed by atoms with E-state index in [-0.39, 0.29) is 24.3 Å². The van der Waals surface area contributed by atoms with Crippen molar-refractivity contribution in [1.82, 2.24) is 5.32 Å². The maximum atomic E-state index is 11.8. The molecule has 0 saturated heterocycles. The first kappa shape index (κ1) is 16.0. The average Bonchev–Trinajstić information content (AvgIpc) is 2.35. The minimum Gasteiger partial charge on any atom is -0.484 e. The van der Waals surface area contributed by atoms with Gasteiger partial charge in [0.15, 0.2) is 6.61 Å². The zero-order valence-electron chi connectivity index (χ0n) is 12.1. The van der Waals surface area contributed by atoms with Crippen molar-refractivity contribution in [3.8, 4) is 5.75 Å². The highest BCUT2D eigenvalue weighted by molar-refractivity contribution is 5.79. The van der Waals surface area contributed by atoms with E-state index in [4.69, 9.17) is 9.84 Å². The molecule has 2 N–H and O–H groups in total. The van der Waals surface area contributed by atoms with Crippen LogP contribution in [0.15, 0.2) is 30.3 Å². The van der Waals surface area contributed by atoms with Crippen molar-refractivity contribution in [2.45, 2.75) is 33.2 Å². The van der Waals surface area contributed by atoms with Gasteiger partial charge in [0.25, 0.3) is 5.91 Å². The summed E-state index contributed by atoms with van der Waals surface area (Å²) in [5.74, 6) is -0.655. The number of rotatable bonds is 6. The summed E-state index contributed by atoms with van der Waals surface area (Å²) in [4.78, 5) is 22.7. The molecule has 0 fully saturated rings. The lowest BCUT2D eigenvalue weighted by molar-refractivity contribution is -0.138. The van der Waals surface area contributed by atoms with Crippen LogP contribution in [0.25, 0.3) is 0 Å². The predicted octanol–water partition coefficient (Wildman–Crippen LogP) is 2.07. The minimum absolute atomic E-state index is 0.111. The smallest absolute Gasteiger partial charge is 0.305 e. The van der Waals surface area contributed by atoms with Crippen LogP contribution in [0, 0.1) is 5.41 Å². The van der Waals surface area contributed by atoms with Crippen LogP contribution >= 0.6 is 0 Å². The largest absolute Gasteiger partial charge is 0.484 e. The standard InChI is InChI=1S/C15H21NO4/c1-15(2,3)12(9-14(18)19)16-13(17)10-20-11-7-5-4-6-8-11/h4-8,12H,9-10H2,1-3H3,(H,16,17)(H,18,19). The van der Waals surface area contributed by atoms with E-state index in [0.29, 0.717) is 5.75 Å². The average molecular weight is 279 g/mol. The first-order valence-electron chi connectivity index (χ1n) is 6.48. The zero-order valence-corrected chi connectivity index (χ0v) is 12.1. The molecule has 1 aromatic rings. The van der Waals surface area contributed by atoms with E-state index in [2.05, 4.69) is 5.32 Å². The highest BCUT2D eigenvalue weighted by Crippen LogP contribution is 2.21. The third-order valence-electron chi connectivity index (χ3n) is 2.87. The monoisotopic (exact) mass is 279 g/mol. The molecule has 0 aliphatic rings. The van der Waals surface area contributed by atoms with Gasteiger partial charge in [0.2, 0.25) is 0 Å². The summed E-state index contributed by atoms with van der Waals surface area (Å²) < 4.78 is 5.33. The number of amides is 1. The molecule has 20 heavy (non-hydrogen) atoms. The highest BCUT2D eigenvalue weighted by atomic mass is 16.5. The van der Waals surface area contributed by atoms with Crippen LogP contribution in [0.2, 0.25) is 0 Å². The maximum Gasteiger partial charge on any atom is 0.305 e. The molecule has 1 atom stereocenters. The number of carboxylic acids is 1. The van der Waals surface area contributed by atoms with E-state index in [9.17, 15) is 9.59 Å². The number of hydrogen-bond acceptors (Lipinski definition) is 3. The van der Waals surface area contributed by atoms with Gasteiger partial charge in [-0.3, -0.25) is 9.59 Å². The van der Waals surface area contributed by atoms with Gasteiger partial charge in [-0.05, 0) is 17.5 Å². The molecule has 1 unspecified atom stereocenters. The second-order valence-electron chi connectivity index (χ2n) is 5.69. The third-order valence-corrected chi connectivity index (χ3v) is 2.87. The third kappa shape index (κ3) is 5.73. The maximum absolute atomic E-state index is 11.8. The second kappa shape index (κ2) is 6.93. The number of nitrogens with one attached hydrogen (secondary N) is 1. The summed E-state index contributed by atoms with van der Waals surface area (Å²) in [6.07, 6.45) is -0.111. The SMILES string of the molecule is CC(C)(C)C(CC(=O)O)NC(=O)COc1ccccc1. The fourth-order valence-corrected chi connectivity index (χ4v) is 1.65. The summed E-state index contributed by atoms with van der Waals surface area (Å²) >= 11 is 0. The van der Waals surface area contributed by atoms with Gasteiger partial charge >= 0.3 is 5.97 Å². The van der Waals surface area contributed by atoms with Gasteiger partial charge < -0.3 is 15.2 Å². The quantitative estimate of drug-likeness (QED) is 0.836. The molecule has 0 aliphatic carbocycles. The van der Waals surface area contributed by atoms with Crippen molar-refractivity contribution in [2.75, 3.05) is 6.61 Å². The Bertz CT molecular complexity index is 451. The molecule has 0 spiro atoms. The van der Waals surface area contributed by atoms with E-state index in [1.165, 1.54) is 0 Å². The lowest BCUT2D eigenvalue weighted by Crippen LogP contribution is -2.46. The lowest BCUT2D eigenvalue weighted by Gasteiger charge is -2.30. The molecule has 5 heteroatoms. The van der Waals surface area contributed by atoms with Gasteiger partial charge in [-0.1, -0.05) is 39.0 Å². The Labute approximate surface area is 118 Å². The Kier molecular flexibility index (Phi) is 5.55. The minimum atomic E-state index is -0.936. The van der Waals surface area contributed by atoms with Crippen molar-refractivity contribution in [1.29, 1.82) is 0 Å². The summed E-state index contributed by atoms with van der Waals surface area (Å²) in [5.41, 5.74) is -0.333. The highest BCUT2D eigenvalue weighted by Gasteiger charge is 2.28. The molecule has 0 radical (unpaired) electrons. The molecule has 1 amide bonds.